The molecule has 0 aliphatic rings. The van der Waals surface area contributed by atoms with Crippen LogP contribution >= 0.6 is 0 Å². The van der Waals surface area contributed by atoms with E-state index in [2.05, 4.69) is 20.8 Å². The Kier molecular flexibility index (Phi) is 6.23. The van der Waals surface area contributed by atoms with Crippen LogP contribution < -0.4 is 0 Å². The lowest BCUT2D eigenvalue weighted by molar-refractivity contribution is -0.163. The third-order valence-electron chi connectivity index (χ3n) is 3.74. The SMILES string of the molecule is CC(C(=O)OC(C)(C)C)C(CC(=O)C(C)(C)C)C(C)(C)C. The Morgan fingerprint density at radius 2 is 1.33 bits per heavy atom. The van der Waals surface area contributed by atoms with Crippen molar-refractivity contribution in [2.75, 3.05) is 0 Å². The predicted octanol–water partition coefficient (Wildman–Crippen LogP) is 4.63. The van der Waals surface area contributed by atoms with E-state index in [0.29, 0.717) is 6.42 Å². The highest BCUT2D eigenvalue weighted by atomic mass is 16.6. The molecule has 0 aliphatic heterocycles. The molecule has 2 atom stereocenters. The van der Waals surface area contributed by atoms with Crippen molar-refractivity contribution in [2.24, 2.45) is 22.7 Å². The summed E-state index contributed by atoms with van der Waals surface area (Å²) in [5.41, 5.74) is -1.00. The Hall–Kier alpha value is -0.860. The summed E-state index contributed by atoms with van der Waals surface area (Å²) >= 11 is 0. The Labute approximate surface area is 130 Å². The van der Waals surface area contributed by atoms with Crippen molar-refractivity contribution in [3.8, 4) is 0 Å². The second-order valence-electron chi connectivity index (χ2n) is 9.17. The van der Waals surface area contributed by atoms with Crippen LogP contribution in [-0.2, 0) is 14.3 Å². The fourth-order valence-corrected chi connectivity index (χ4v) is 2.30. The lowest BCUT2D eigenvalue weighted by Crippen LogP contribution is -2.38. The molecule has 0 amide bonds. The molecule has 0 aliphatic carbocycles. The van der Waals surface area contributed by atoms with Crippen LogP contribution in [0.2, 0.25) is 0 Å². The van der Waals surface area contributed by atoms with Gasteiger partial charge in [-0.1, -0.05) is 48.5 Å². The van der Waals surface area contributed by atoms with Gasteiger partial charge in [-0.15, -0.1) is 0 Å². The van der Waals surface area contributed by atoms with Crippen LogP contribution in [0.3, 0.4) is 0 Å². The number of carbonyl (C=O) groups is 2. The third kappa shape index (κ3) is 7.10. The van der Waals surface area contributed by atoms with Crippen LogP contribution in [0, 0.1) is 22.7 Å². The van der Waals surface area contributed by atoms with E-state index >= 15 is 0 Å². The minimum Gasteiger partial charge on any atom is -0.460 e. The zero-order valence-electron chi connectivity index (χ0n) is 15.6. The number of hydrogen-bond donors (Lipinski definition) is 0. The number of hydrogen-bond acceptors (Lipinski definition) is 3. The zero-order valence-corrected chi connectivity index (χ0v) is 15.6. The normalized spacial score (nSPS) is 16.3. The fourth-order valence-electron chi connectivity index (χ4n) is 2.30. The molecule has 0 heterocycles. The van der Waals surface area contributed by atoms with Crippen molar-refractivity contribution in [3.05, 3.63) is 0 Å². The Morgan fingerprint density at radius 3 is 1.62 bits per heavy atom. The molecule has 0 fully saturated rings. The van der Waals surface area contributed by atoms with Crippen molar-refractivity contribution < 1.29 is 14.3 Å². The summed E-state index contributed by atoms with van der Waals surface area (Å²) in [6.07, 6.45) is 0.410. The number of esters is 1. The van der Waals surface area contributed by atoms with E-state index in [0.717, 1.165) is 0 Å². The minimum atomic E-state index is -0.498. The van der Waals surface area contributed by atoms with Crippen molar-refractivity contribution >= 4 is 11.8 Å². The molecule has 3 nitrogen and oxygen atoms in total. The summed E-state index contributed by atoms with van der Waals surface area (Å²) in [6, 6.07) is 0. The van der Waals surface area contributed by atoms with E-state index in [1.54, 1.807) is 0 Å². The Bertz CT molecular complexity index is 375. The number of ether oxygens (including phenoxy) is 1. The molecule has 0 aromatic carbocycles. The maximum Gasteiger partial charge on any atom is 0.309 e. The molecule has 0 rings (SSSR count). The second-order valence-corrected chi connectivity index (χ2v) is 9.17. The van der Waals surface area contributed by atoms with Gasteiger partial charge in [0.1, 0.15) is 11.4 Å². The number of carbonyl (C=O) groups excluding carboxylic acids is 2. The first-order chi connectivity index (χ1) is 9.05. The van der Waals surface area contributed by atoms with E-state index in [9.17, 15) is 9.59 Å². The van der Waals surface area contributed by atoms with Crippen LogP contribution in [0.15, 0.2) is 0 Å². The van der Waals surface area contributed by atoms with Crippen LogP contribution in [0.4, 0.5) is 0 Å². The van der Waals surface area contributed by atoms with E-state index in [4.69, 9.17) is 4.74 Å². The summed E-state index contributed by atoms with van der Waals surface area (Å²) in [4.78, 5) is 24.7. The smallest absolute Gasteiger partial charge is 0.309 e. The summed E-state index contributed by atoms with van der Waals surface area (Å²) < 4.78 is 5.49. The summed E-state index contributed by atoms with van der Waals surface area (Å²) in [6.45, 7) is 19.5. The molecular weight excluding hydrogens is 264 g/mol. The van der Waals surface area contributed by atoms with E-state index in [1.165, 1.54) is 0 Å². The molecule has 0 aromatic rings. The number of ketones is 1. The topological polar surface area (TPSA) is 43.4 Å². The standard InChI is InChI=1S/C18H34O3/c1-12(15(20)21-18(8,9)10)13(16(2,3)4)11-14(19)17(5,6)7/h12-13H,11H2,1-10H3. The highest BCUT2D eigenvalue weighted by molar-refractivity contribution is 5.84. The molecule has 3 heteroatoms. The highest BCUT2D eigenvalue weighted by Gasteiger charge is 2.38. The fraction of sp³-hybridized carbons (Fsp3) is 0.889. The van der Waals surface area contributed by atoms with E-state index < -0.39 is 5.60 Å². The number of rotatable bonds is 4. The van der Waals surface area contributed by atoms with Crippen molar-refractivity contribution in [1.29, 1.82) is 0 Å². The summed E-state index contributed by atoms with van der Waals surface area (Å²) in [5, 5.41) is 0. The molecule has 0 bridgehead atoms. The molecular formula is C18H34O3. The number of Topliss-reactive ketones (excluding diaryl/α,β-unsaturated/α-hetero) is 1. The van der Waals surface area contributed by atoms with E-state index in [1.807, 2.05) is 48.5 Å². The maximum absolute atomic E-state index is 12.4. The van der Waals surface area contributed by atoms with E-state index in [-0.39, 0.29) is 34.4 Å². The van der Waals surface area contributed by atoms with Crippen LogP contribution in [-0.4, -0.2) is 17.4 Å². The van der Waals surface area contributed by atoms with Gasteiger partial charge in [-0.2, -0.15) is 0 Å². The van der Waals surface area contributed by atoms with Crippen LogP contribution in [0.5, 0.6) is 0 Å². The van der Waals surface area contributed by atoms with Crippen molar-refractivity contribution in [3.63, 3.8) is 0 Å². The van der Waals surface area contributed by atoms with Crippen LogP contribution in [0.25, 0.3) is 0 Å². The van der Waals surface area contributed by atoms with Gasteiger partial charge >= 0.3 is 5.97 Å². The van der Waals surface area contributed by atoms with Gasteiger partial charge in [-0.05, 0) is 32.1 Å². The van der Waals surface area contributed by atoms with Gasteiger partial charge in [0.2, 0.25) is 0 Å². The average molecular weight is 298 g/mol. The molecule has 2 unspecified atom stereocenters. The van der Waals surface area contributed by atoms with Gasteiger partial charge < -0.3 is 4.74 Å². The minimum absolute atomic E-state index is 0.0286. The molecule has 21 heavy (non-hydrogen) atoms. The third-order valence-corrected chi connectivity index (χ3v) is 3.74. The summed E-state index contributed by atoms with van der Waals surface area (Å²) in [5.74, 6) is -0.350. The predicted molar refractivity (Wildman–Crippen MR) is 87.0 cm³/mol. The molecule has 124 valence electrons. The Balaban J connectivity index is 5.18. The Morgan fingerprint density at radius 1 is 0.905 bits per heavy atom. The van der Waals surface area contributed by atoms with Gasteiger partial charge in [-0.25, -0.2) is 0 Å². The lowest BCUT2D eigenvalue weighted by atomic mass is 9.69. The van der Waals surface area contributed by atoms with Crippen LogP contribution in [0.1, 0.15) is 75.7 Å². The first kappa shape index (κ1) is 20.1. The quantitative estimate of drug-likeness (QED) is 0.711. The second kappa shape index (κ2) is 6.50. The zero-order chi connectivity index (χ0) is 17.2. The average Bonchev–Trinajstić information content (AvgIpc) is 2.18. The van der Waals surface area contributed by atoms with Crippen molar-refractivity contribution in [2.45, 2.75) is 81.3 Å². The largest absolute Gasteiger partial charge is 0.460 e. The highest BCUT2D eigenvalue weighted by Crippen LogP contribution is 2.38. The first-order valence-electron chi connectivity index (χ1n) is 7.82. The molecule has 0 aromatic heterocycles. The van der Waals surface area contributed by atoms with Gasteiger partial charge in [0.15, 0.2) is 0 Å². The van der Waals surface area contributed by atoms with Gasteiger partial charge in [0, 0.05) is 11.8 Å². The van der Waals surface area contributed by atoms with Crippen molar-refractivity contribution in [1.82, 2.24) is 0 Å². The molecule has 0 radical (unpaired) electrons. The maximum atomic E-state index is 12.4. The lowest BCUT2D eigenvalue weighted by Gasteiger charge is -2.36. The monoisotopic (exact) mass is 298 g/mol. The van der Waals surface area contributed by atoms with Gasteiger partial charge in [0.05, 0.1) is 5.92 Å². The molecule has 0 saturated carbocycles. The van der Waals surface area contributed by atoms with Gasteiger partial charge in [-0.3, -0.25) is 9.59 Å². The first-order valence-corrected chi connectivity index (χ1v) is 7.82. The molecule has 0 saturated heterocycles. The van der Waals surface area contributed by atoms with Gasteiger partial charge in [0.25, 0.3) is 0 Å². The molecule has 0 N–H and O–H groups in total. The summed E-state index contributed by atoms with van der Waals surface area (Å²) in [7, 11) is 0. The molecule has 0 spiro atoms.